The molecule has 1 aromatic carbocycles. The molecular formula is C20H19N3O3S. The van der Waals surface area contributed by atoms with Crippen molar-refractivity contribution in [3.05, 3.63) is 52.0 Å². The zero-order chi connectivity index (χ0) is 19.0. The van der Waals surface area contributed by atoms with E-state index in [4.69, 9.17) is 10.7 Å². The van der Waals surface area contributed by atoms with E-state index in [1.165, 1.54) is 29.4 Å². The molecule has 4 rings (SSSR count). The predicted molar refractivity (Wildman–Crippen MR) is 107 cm³/mol. The zero-order valence-electron chi connectivity index (χ0n) is 14.6. The first kappa shape index (κ1) is 17.5. The van der Waals surface area contributed by atoms with Gasteiger partial charge >= 0.3 is 5.97 Å². The molecule has 0 saturated heterocycles. The summed E-state index contributed by atoms with van der Waals surface area (Å²) in [7, 11) is 0. The van der Waals surface area contributed by atoms with Crippen molar-refractivity contribution in [3.63, 3.8) is 0 Å². The van der Waals surface area contributed by atoms with E-state index in [9.17, 15) is 14.7 Å². The second kappa shape index (κ2) is 7.00. The number of thiophene rings is 1. The molecule has 0 unspecified atom stereocenters. The number of carbonyl (C=O) groups excluding carboxylic acids is 1. The van der Waals surface area contributed by atoms with Gasteiger partial charge in [-0.3, -0.25) is 4.79 Å². The number of rotatable bonds is 3. The van der Waals surface area contributed by atoms with Crippen LogP contribution in [-0.4, -0.2) is 22.0 Å². The summed E-state index contributed by atoms with van der Waals surface area (Å²) in [6, 6.07) is 8.37. The summed E-state index contributed by atoms with van der Waals surface area (Å²) in [6.45, 7) is 0. The van der Waals surface area contributed by atoms with Gasteiger partial charge in [0.25, 0.3) is 5.91 Å². The van der Waals surface area contributed by atoms with Crippen molar-refractivity contribution in [2.75, 3.05) is 11.1 Å². The lowest BCUT2D eigenvalue weighted by Crippen LogP contribution is -2.14. The van der Waals surface area contributed by atoms with Crippen LogP contribution in [0.4, 0.5) is 11.4 Å². The Kier molecular flexibility index (Phi) is 4.53. The summed E-state index contributed by atoms with van der Waals surface area (Å²) in [5.74, 6) is -1.51. The van der Waals surface area contributed by atoms with Crippen LogP contribution in [0.1, 0.15) is 50.5 Å². The number of nitrogens with zero attached hydrogens (tertiary/aromatic N) is 1. The highest BCUT2D eigenvalue weighted by Gasteiger charge is 2.21. The Balaban J connectivity index is 1.71. The maximum absolute atomic E-state index is 12.8. The maximum atomic E-state index is 12.8. The van der Waals surface area contributed by atoms with Gasteiger partial charge in [-0.25, -0.2) is 9.78 Å². The van der Waals surface area contributed by atoms with Crippen molar-refractivity contribution >= 4 is 44.8 Å². The van der Waals surface area contributed by atoms with Crippen molar-refractivity contribution in [2.45, 2.75) is 32.1 Å². The summed E-state index contributed by atoms with van der Waals surface area (Å²) in [5.41, 5.74) is 9.26. The number of fused-ring (bicyclic) bond motifs is 2. The number of amides is 1. The SMILES string of the molecule is Nc1c(C(=O)Nc2ccccc2C(=O)O)sc2nc3c(cc12)CCCCC3. The molecule has 0 aliphatic heterocycles. The third-order valence-corrected chi connectivity index (χ3v) is 5.98. The normalized spacial score (nSPS) is 13.8. The number of carboxylic acid groups (broad SMARTS) is 1. The molecule has 138 valence electrons. The highest BCUT2D eigenvalue weighted by atomic mass is 32.1. The number of carbonyl (C=O) groups is 2. The number of pyridine rings is 1. The maximum Gasteiger partial charge on any atom is 0.337 e. The molecule has 0 fully saturated rings. The van der Waals surface area contributed by atoms with Crippen molar-refractivity contribution < 1.29 is 14.7 Å². The smallest absolute Gasteiger partial charge is 0.337 e. The lowest BCUT2D eigenvalue weighted by molar-refractivity contribution is 0.0698. The number of hydrogen-bond donors (Lipinski definition) is 3. The molecule has 1 aliphatic rings. The molecule has 27 heavy (non-hydrogen) atoms. The second-order valence-corrected chi connectivity index (χ2v) is 7.66. The Labute approximate surface area is 160 Å². The van der Waals surface area contributed by atoms with E-state index in [0.29, 0.717) is 10.6 Å². The van der Waals surface area contributed by atoms with E-state index >= 15 is 0 Å². The molecule has 6 nitrogen and oxygen atoms in total. The molecule has 2 aromatic heterocycles. The molecule has 0 saturated carbocycles. The predicted octanol–water partition coefficient (Wildman–Crippen LogP) is 4.10. The van der Waals surface area contributed by atoms with Gasteiger partial charge in [0.2, 0.25) is 0 Å². The molecule has 0 spiro atoms. The third kappa shape index (κ3) is 3.26. The van der Waals surface area contributed by atoms with E-state index in [2.05, 4.69) is 11.4 Å². The monoisotopic (exact) mass is 381 g/mol. The number of aromatic carboxylic acids is 1. The quantitative estimate of drug-likeness (QED) is 0.593. The van der Waals surface area contributed by atoms with Crippen LogP contribution in [0.15, 0.2) is 30.3 Å². The summed E-state index contributed by atoms with van der Waals surface area (Å²) < 4.78 is 0. The molecule has 7 heteroatoms. The van der Waals surface area contributed by atoms with Crippen LogP contribution in [0.2, 0.25) is 0 Å². The van der Waals surface area contributed by atoms with Gasteiger partial charge in [0, 0.05) is 11.1 Å². The molecule has 1 amide bonds. The van der Waals surface area contributed by atoms with Crippen LogP contribution >= 0.6 is 11.3 Å². The fraction of sp³-hybridized carbons (Fsp3) is 0.250. The second-order valence-electron chi connectivity index (χ2n) is 6.66. The van der Waals surface area contributed by atoms with Crippen LogP contribution in [-0.2, 0) is 12.8 Å². The molecule has 0 atom stereocenters. The number of aryl methyl sites for hydroxylation is 2. The minimum absolute atomic E-state index is 0.0374. The van der Waals surface area contributed by atoms with Gasteiger partial charge < -0.3 is 16.2 Å². The third-order valence-electron chi connectivity index (χ3n) is 4.86. The molecule has 1 aliphatic carbocycles. The largest absolute Gasteiger partial charge is 0.478 e. The average Bonchev–Trinajstić information content (AvgIpc) is 2.82. The lowest BCUT2D eigenvalue weighted by Gasteiger charge is -2.07. The zero-order valence-corrected chi connectivity index (χ0v) is 15.4. The van der Waals surface area contributed by atoms with E-state index in [1.54, 1.807) is 18.2 Å². The van der Waals surface area contributed by atoms with Gasteiger partial charge in [-0.05, 0) is 49.4 Å². The van der Waals surface area contributed by atoms with Crippen molar-refractivity contribution in [3.8, 4) is 0 Å². The van der Waals surface area contributed by atoms with E-state index in [-0.39, 0.29) is 11.3 Å². The first-order valence-electron chi connectivity index (χ1n) is 8.89. The van der Waals surface area contributed by atoms with Gasteiger partial charge in [0.15, 0.2) is 0 Å². The van der Waals surface area contributed by atoms with Gasteiger partial charge in [-0.2, -0.15) is 0 Å². The highest BCUT2D eigenvalue weighted by molar-refractivity contribution is 7.21. The Morgan fingerprint density at radius 2 is 1.93 bits per heavy atom. The standard InChI is InChI=1S/C20H19N3O3S/c21-16-13-10-11-6-2-1-3-8-14(11)23-19(13)27-17(16)18(24)22-15-9-5-4-7-12(15)20(25)26/h4-5,7,9-10H,1-3,6,8,21H2,(H,22,24)(H,25,26). The van der Waals surface area contributed by atoms with Crippen LogP contribution in [0.3, 0.4) is 0 Å². The topological polar surface area (TPSA) is 105 Å². The number of para-hydroxylation sites is 1. The van der Waals surface area contributed by atoms with Crippen LogP contribution < -0.4 is 11.1 Å². The van der Waals surface area contributed by atoms with Crippen LogP contribution in [0.5, 0.6) is 0 Å². The van der Waals surface area contributed by atoms with E-state index < -0.39 is 11.9 Å². The first-order chi connectivity index (χ1) is 13.0. The van der Waals surface area contributed by atoms with Crippen molar-refractivity contribution in [1.82, 2.24) is 4.98 Å². The number of nitrogens with two attached hydrogens (primary N) is 1. The number of nitrogens with one attached hydrogen (secondary N) is 1. The first-order valence-corrected chi connectivity index (χ1v) is 9.70. The summed E-state index contributed by atoms with van der Waals surface area (Å²) in [6.07, 6.45) is 5.42. The average molecular weight is 381 g/mol. The van der Waals surface area contributed by atoms with Crippen molar-refractivity contribution in [2.24, 2.45) is 0 Å². The molecule has 0 radical (unpaired) electrons. The van der Waals surface area contributed by atoms with Crippen molar-refractivity contribution in [1.29, 1.82) is 0 Å². The summed E-state index contributed by atoms with van der Waals surface area (Å²) in [5, 5.41) is 12.8. The van der Waals surface area contributed by atoms with E-state index in [0.717, 1.165) is 41.6 Å². The molecular weight excluding hydrogens is 362 g/mol. The molecule has 2 heterocycles. The number of aromatic nitrogens is 1. The Morgan fingerprint density at radius 1 is 1.15 bits per heavy atom. The van der Waals surface area contributed by atoms with Gasteiger partial charge in [0.05, 0.1) is 16.9 Å². The minimum Gasteiger partial charge on any atom is -0.478 e. The number of benzene rings is 1. The Morgan fingerprint density at radius 3 is 2.74 bits per heavy atom. The van der Waals surface area contributed by atoms with Crippen LogP contribution in [0, 0.1) is 0 Å². The lowest BCUT2D eigenvalue weighted by atomic mass is 10.1. The van der Waals surface area contributed by atoms with Gasteiger partial charge in [-0.15, -0.1) is 11.3 Å². The van der Waals surface area contributed by atoms with Gasteiger partial charge in [-0.1, -0.05) is 18.6 Å². The number of hydrogen-bond acceptors (Lipinski definition) is 5. The van der Waals surface area contributed by atoms with E-state index in [1.807, 2.05) is 0 Å². The Bertz CT molecular complexity index is 1060. The summed E-state index contributed by atoms with van der Waals surface area (Å²) >= 11 is 1.25. The van der Waals surface area contributed by atoms with Gasteiger partial charge in [0.1, 0.15) is 9.71 Å². The number of nitrogen functional groups attached to an aromatic ring is 1. The molecule has 3 aromatic rings. The fourth-order valence-electron chi connectivity index (χ4n) is 3.46. The molecule has 0 bridgehead atoms. The Hall–Kier alpha value is -2.93. The minimum atomic E-state index is -1.10. The number of carboxylic acids is 1. The summed E-state index contributed by atoms with van der Waals surface area (Å²) in [4.78, 5) is 30.0. The number of anilines is 2. The highest BCUT2D eigenvalue weighted by Crippen LogP contribution is 2.35. The molecule has 4 N–H and O–H groups in total. The van der Waals surface area contributed by atoms with Crippen LogP contribution in [0.25, 0.3) is 10.2 Å². The fourth-order valence-corrected chi connectivity index (χ4v) is 4.45.